The Morgan fingerprint density at radius 1 is 0.654 bits per heavy atom. The van der Waals surface area contributed by atoms with Gasteiger partial charge in [-0.25, -0.2) is 0 Å². The molecule has 1 aromatic heterocycles. The molecule has 3 saturated heterocycles. The van der Waals surface area contributed by atoms with Crippen LogP contribution in [0.4, 0.5) is 0 Å². The molecule has 4 heterocycles. The lowest BCUT2D eigenvalue weighted by molar-refractivity contribution is -0.357. The first-order valence-electron chi connectivity index (χ1n) is 16.2. The van der Waals surface area contributed by atoms with Gasteiger partial charge < -0.3 is 89.0 Å². The molecule has 3 aromatic rings. The number of phenolic OH excluding ortho intramolecular Hbond substituents is 3. The molecular weight excluding hydrogens is 700 g/mol. The van der Waals surface area contributed by atoms with E-state index in [9.17, 15) is 61.0 Å². The maximum Gasteiger partial charge on any atom is 0.239 e. The van der Waals surface area contributed by atoms with Crippen LogP contribution < -0.4 is 10.2 Å². The average Bonchev–Trinajstić information content (AvgIpc) is 3.10. The Bertz CT molecular complexity index is 1770. The summed E-state index contributed by atoms with van der Waals surface area (Å²) < 4.78 is 39.6. The minimum Gasteiger partial charge on any atom is -0.508 e. The van der Waals surface area contributed by atoms with Gasteiger partial charge in [-0.1, -0.05) is 0 Å². The van der Waals surface area contributed by atoms with Crippen molar-refractivity contribution in [1.29, 1.82) is 0 Å². The molecule has 3 fully saturated rings. The number of hydrogen-bond acceptors (Lipinski definition) is 19. The fourth-order valence-electron chi connectivity index (χ4n) is 6.25. The van der Waals surface area contributed by atoms with Crippen molar-refractivity contribution in [2.75, 3.05) is 6.61 Å². The van der Waals surface area contributed by atoms with E-state index in [0.717, 1.165) is 12.1 Å². The first-order chi connectivity index (χ1) is 24.6. The van der Waals surface area contributed by atoms with Crippen LogP contribution in [-0.2, 0) is 23.7 Å². The topological polar surface area (TPSA) is 308 Å². The van der Waals surface area contributed by atoms with Gasteiger partial charge in [0.25, 0.3) is 0 Å². The van der Waals surface area contributed by atoms with E-state index in [0.29, 0.717) is 0 Å². The summed E-state index contributed by atoms with van der Waals surface area (Å²) in [5.41, 5.74) is -1.05. The third kappa shape index (κ3) is 7.16. The van der Waals surface area contributed by atoms with Crippen molar-refractivity contribution in [1.82, 2.24) is 0 Å². The van der Waals surface area contributed by atoms with Gasteiger partial charge in [0.1, 0.15) is 89.3 Å². The summed E-state index contributed by atoms with van der Waals surface area (Å²) in [6.45, 7) is 2.22. The monoisotopic (exact) mass is 740 g/mol. The number of fused-ring (bicyclic) bond motifs is 1. The van der Waals surface area contributed by atoms with Crippen LogP contribution in [0.1, 0.15) is 13.8 Å². The van der Waals surface area contributed by atoms with E-state index in [-0.39, 0.29) is 22.7 Å². The first kappa shape index (κ1) is 38.1. The van der Waals surface area contributed by atoms with Gasteiger partial charge >= 0.3 is 0 Å². The van der Waals surface area contributed by atoms with E-state index in [1.807, 2.05) is 0 Å². The average molecular weight is 741 g/mol. The molecule has 19 nitrogen and oxygen atoms in total. The second kappa shape index (κ2) is 15.0. The maximum absolute atomic E-state index is 13.7. The highest BCUT2D eigenvalue weighted by molar-refractivity contribution is 5.88. The Morgan fingerprint density at radius 3 is 1.96 bits per heavy atom. The van der Waals surface area contributed by atoms with Gasteiger partial charge in [0.15, 0.2) is 18.3 Å². The molecule has 0 bridgehead atoms. The van der Waals surface area contributed by atoms with Gasteiger partial charge in [-0.2, -0.15) is 0 Å². The largest absolute Gasteiger partial charge is 0.508 e. The van der Waals surface area contributed by atoms with Crippen LogP contribution in [0.3, 0.4) is 0 Å². The van der Waals surface area contributed by atoms with Crippen molar-refractivity contribution in [2.45, 2.75) is 106 Å². The molecule has 11 N–H and O–H groups in total. The zero-order chi connectivity index (χ0) is 37.8. The van der Waals surface area contributed by atoms with Crippen LogP contribution in [0, 0.1) is 0 Å². The zero-order valence-electron chi connectivity index (χ0n) is 27.5. The van der Waals surface area contributed by atoms with E-state index in [4.69, 9.17) is 32.8 Å². The lowest BCUT2D eigenvalue weighted by atomic mass is 9.97. The molecule has 0 unspecified atom stereocenters. The maximum atomic E-state index is 13.7. The van der Waals surface area contributed by atoms with Crippen LogP contribution in [0.15, 0.2) is 45.6 Å². The third-order valence-corrected chi connectivity index (χ3v) is 9.25. The van der Waals surface area contributed by atoms with Crippen molar-refractivity contribution in [3.63, 3.8) is 0 Å². The molecule has 0 radical (unpaired) electrons. The SMILES string of the molecule is C[C@H]1O[C@H](O[C@@H]2[C@H](O)[C@H](O)[C@@H](OC[C@@H]3O[C@H](Oc4c(-c5ccc(O)cc5)oc5cc(O)cc(O)c5c4=O)[C@@H](O)[C@H](O)[C@@H]3O)O[C@@H]2C)[C@@H](O)[C@@H](O)[C@@H]1O. The summed E-state index contributed by atoms with van der Waals surface area (Å²) in [6.07, 6.45) is -23.8. The smallest absolute Gasteiger partial charge is 0.239 e. The predicted molar refractivity (Wildman–Crippen MR) is 170 cm³/mol. The van der Waals surface area contributed by atoms with E-state index in [1.54, 1.807) is 0 Å². The van der Waals surface area contributed by atoms with E-state index in [2.05, 4.69) is 0 Å². The van der Waals surface area contributed by atoms with Gasteiger partial charge in [0.2, 0.25) is 17.5 Å². The summed E-state index contributed by atoms with van der Waals surface area (Å²) in [5.74, 6) is -2.12. The van der Waals surface area contributed by atoms with Crippen LogP contribution in [0.2, 0.25) is 0 Å². The van der Waals surface area contributed by atoms with Crippen LogP contribution in [0.5, 0.6) is 23.0 Å². The summed E-state index contributed by atoms with van der Waals surface area (Å²) in [6, 6.07) is 7.24. The predicted octanol–water partition coefficient (Wildman–Crippen LogP) is -2.54. The number of ether oxygens (including phenoxy) is 6. The fraction of sp³-hybridized carbons (Fsp3) is 0.545. The number of rotatable bonds is 8. The summed E-state index contributed by atoms with van der Waals surface area (Å²) in [4.78, 5) is 13.7. The molecule has 0 aliphatic carbocycles. The second-order valence-electron chi connectivity index (χ2n) is 12.9. The van der Waals surface area contributed by atoms with Gasteiger partial charge in [-0.05, 0) is 38.1 Å². The molecule has 52 heavy (non-hydrogen) atoms. The standard InChI is InChI=1S/C33H40O19/c1-10-19(37)22(40)25(43)32(47-10)51-28-11(2)48-31(27(45)24(28)42)46-9-17-20(38)23(41)26(44)33(50-17)52-30-21(39)18-15(36)7-14(35)8-16(18)49-29(30)12-3-5-13(34)6-4-12/h3-8,10-11,17,19-20,22-28,31-38,40-45H,9H2,1-2H3/t10-,11-,17+,19-,20-,22+,23-,24-,25+,26+,27+,28+,31+,32-,33-/m1/s1. The van der Waals surface area contributed by atoms with E-state index < -0.39 is 127 Å². The zero-order valence-corrected chi connectivity index (χ0v) is 27.5. The lowest BCUT2D eigenvalue weighted by Crippen LogP contribution is -2.63. The third-order valence-electron chi connectivity index (χ3n) is 9.25. The van der Waals surface area contributed by atoms with E-state index >= 15 is 0 Å². The molecule has 15 atom stereocenters. The highest BCUT2D eigenvalue weighted by Gasteiger charge is 2.51. The van der Waals surface area contributed by atoms with Crippen LogP contribution in [-0.4, -0.2) is 155 Å². The Morgan fingerprint density at radius 2 is 1.27 bits per heavy atom. The van der Waals surface area contributed by atoms with Crippen molar-refractivity contribution in [3.05, 3.63) is 46.6 Å². The minimum atomic E-state index is -1.97. The quantitative estimate of drug-likeness (QED) is 0.113. The molecule has 0 saturated carbocycles. The van der Waals surface area contributed by atoms with Crippen LogP contribution >= 0.6 is 0 Å². The Labute approximate surface area is 293 Å². The van der Waals surface area contributed by atoms with Crippen molar-refractivity contribution in [2.24, 2.45) is 0 Å². The number of aliphatic hydroxyl groups is 8. The molecule has 286 valence electrons. The van der Waals surface area contributed by atoms with Gasteiger partial charge in [-0.3, -0.25) is 4.79 Å². The number of aromatic hydroxyl groups is 3. The molecule has 6 rings (SSSR count). The number of benzene rings is 2. The molecule has 0 spiro atoms. The summed E-state index contributed by atoms with van der Waals surface area (Å²) in [5, 5.41) is 114. The molecule has 19 heteroatoms. The Kier molecular flexibility index (Phi) is 11.0. The summed E-state index contributed by atoms with van der Waals surface area (Å²) in [7, 11) is 0. The number of phenols is 3. The minimum absolute atomic E-state index is 0.125. The number of aliphatic hydroxyl groups excluding tert-OH is 8. The van der Waals surface area contributed by atoms with Crippen LogP contribution in [0.25, 0.3) is 22.3 Å². The van der Waals surface area contributed by atoms with Crippen molar-refractivity contribution >= 4 is 11.0 Å². The molecular formula is C33H40O19. The van der Waals surface area contributed by atoms with E-state index in [1.165, 1.54) is 38.1 Å². The highest BCUT2D eigenvalue weighted by atomic mass is 16.7. The highest BCUT2D eigenvalue weighted by Crippen LogP contribution is 2.38. The van der Waals surface area contributed by atoms with Crippen molar-refractivity contribution < 1.29 is 89.0 Å². The molecule has 0 amide bonds. The van der Waals surface area contributed by atoms with Gasteiger partial charge in [0.05, 0.1) is 18.8 Å². The molecule has 3 aliphatic rings. The Balaban J connectivity index is 1.19. The number of hydrogen-bond donors (Lipinski definition) is 11. The van der Waals surface area contributed by atoms with Crippen molar-refractivity contribution in [3.8, 4) is 34.3 Å². The molecule has 3 aliphatic heterocycles. The fourth-order valence-corrected chi connectivity index (χ4v) is 6.25. The second-order valence-corrected chi connectivity index (χ2v) is 12.9. The van der Waals surface area contributed by atoms with Gasteiger partial charge in [0, 0.05) is 17.7 Å². The van der Waals surface area contributed by atoms with Gasteiger partial charge in [-0.15, -0.1) is 0 Å². The first-order valence-corrected chi connectivity index (χ1v) is 16.2. The normalized spacial score (nSPS) is 38.3. The lowest BCUT2D eigenvalue weighted by Gasteiger charge is -2.46. The summed E-state index contributed by atoms with van der Waals surface area (Å²) >= 11 is 0. The Hall–Kier alpha value is -3.67. The molecule has 2 aromatic carbocycles.